The molecular weight excluding hydrogens is 260 g/mol. The van der Waals surface area contributed by atoms with Gasteiger partial charge in [-0.25, -0.2) is 9.59 Å². The first-order valence-electron chi connectivity index (χ1n) is 6.66. The molecule has 2 saturated heterocycles. The van der Waals surface area contributed by atoms with Crippen LogP contribution in [0.5, 0.6) is 0 Å². The Kier molecular flexibility index (Phi) is 4.06. The Hall–Kier alpha value is -1.91. The summed E-state index contributed by atoms with van der Waals surface area (Å²) in [6.07, 6.45) is 0.942. The van der Waals surface area contributed by atoms with E-state index in [-0.39, 0.29) is 42.7 Å². The molecule has 0 bridgehead atoms. The van der Waals surface area contributed by atoms with Gasteiger partial charge in [0.2, 0.25) is 0 Å². The van der Waals surface area contributed by atoms with Crippen molar-refractivity contribution in [3.8, 4) is 0 Å². The van der Waals surface area contributed by atoms with Crippen LogP contribution in [0.1, 0.15) is 26.2 Å². The predicted molar refractivity (Wildman–Crippen MR) is 70.6 cm³/mol. The maximum atomic E-state index is 12.1. The minimum atomic E-state index is -0.420. The molecule has 0 spiro atoms. The number of esters is 2. The van der Waals surface area contributed by atoms with Gasteiger partial charge in [-0.05, 0) is 6.42 Å². The zero-order valence-electron chi connectivity index (χ0n) is 11.5. The van der Waals surface area contributed by atoms with Crippen molar-refractivity contribution in [1.29, 1.82) is 0 Å². The first-order valence-corrected chi connectivity index (χ1v) is 6.66. The summed E-state index contributed by atoms with van der Waals surface area (Å²) < 4.78 is 9.96. The van der Waals surface area contributed by atoms with Crippen LogP contribution in [0.4, 0.5) is 0 Å². The molecule has 0 aromatic heterocycles. The van der Waals surface area contributed by atoms with Crippen LogP contribution in [-0.2, 0) is 23.9 Å². The van der Waals surface area contributed by atoms with Gasteiger partial charge in [-0.1, -0.05) is 20.1 Å². The lowest BCUT2D eigenvalue weighted by molar-refractivity contribution is -0.140. The van der Waals surface area contributed by atoms with Crippen LogP contribution in [0.15, 0.2) is 24.3 Å². The standard InChI is InChI=1S/C15H18O5/c1-8(4-12-5-9(2)14(17)20-12)13(16)6-11-7-19-15(18)10(11)3/h8,11-12H,2-7H2,1H3/t8-,11+,12-/m1/s1. The molecule has 2 heterocycles. The van der Waals surface area contributed by atoms with E-state index in [1.807, 2.05) is 0 Å². The maximum Gasteiger partial charge on any atom is 0.333 e. The van der Waals surface area contributed by atoms with Crippen molar-refractivity contribution in [2.45, 2.75) is 32.3 Å². The molecule has 0 aromatic rings. The molecule has 0 unspecified atom stereocenters. The monoisotopic (exact) mass is 278 g/mol. The Bertz CT molecular complexity index is 474. The van der Waals surface area contributed by atoms with E-state index in [0.717, 1.165) is 0 Å². The van der Waals surface area contributed by atoms with Crippen LogP contribution in [0, 0.1) is 11.8 Å². The van der Waals surface area contributed by atoms with Gasteiger partial charge in [0.25, 0.3) is 0 Å². The second-order valence-corrected chi connectivity index (χ2v) is 5.46. The molecule has 0 amide bonds. The van der Waals surface area contributed by atoms with E-state index in [1.54, 1.807) is 6.92 Å². The first kappa shape index (κ1) is 14.5. The van der Waals surface area contributed by atoms with Gasteiger partial charge in [0.15, 0.2) is 0 Å². The Balaban J connectivity index is 1.84. The molecule has 2 aliphatic heterocycles. The molecule has 2 aliphatic rings. The number of Topliss-reactive ketones (excluding diaryl/α,β-unsaturated/α-hetero) is 1. The fraction of sp³-hybridized carbons (Fsp3) is 0.533. The van der Waals surface area contributed by atoms with Gasteiger partial charge in [0, 0.05) is 35.8 Å². The van der Waals surface area contributed by atoms with E-state index in [0.29, 0.717) is 24.0 Å². The Morgan fingerprint density at radius 2 is 2.05 bits per heavy atom. The second-order valence-electron chi connectivity index (χ2n) is 5.46. The van der Waals surface area contributed by atoms with E-state index >= 15 is 0 Å². The summed E-state index contributed by atoms with van der Waals surface area (Å²) in [5.41, 5.74) is 0.823. The number of hydrogen-bond donors (Lipinski definition) is 0. The highest BCUT2D eigenvalue weighted by atomic mass is 16.6. The largest absolute Gasteiger partial charge is 0.462 e. The minimum absolute atomic E-state index is 0.0306. The Morgan fingerprint density at radius 3 is 2.55 bits per heavy atom. The lowest BCUT2D eigenvalue weighted by Crippen LogP contribution is -2.21. The quantitative estimate of drug-likeness (QED) is 0.564. The third kappa shape index (κ3) is 2.98. The van der Waals surface area contributed by atoms with Gasteiger partial charge >= 0.3 is 11.9 Å². The van der Waals surface area contributed by atoms with Crippen molar-refractivity contribution in [3.63, 3.8) is 0 Å². The molecule has 0 saturated carbocycles. The second kappa shape index (κ2) is 5.61. The third-order valence-electron chi connectivity index (χ3n) is 3.82. The van der Waals surface area contributed by atoms with E-state index in [4.69, 9.17) is 9.47 Å². The zero-order chi connectivity index (χ0) is 14.9. The average Bonchev–Trinajstić information content (AvgIpc) is 2.86. The smallest absolute Gasteiger partial charge is 0.333 e. The molecule has 0 N–H and O–H groups in total. The topological polar surface area (TPSA) is 69.7 Å². The molecule has 20 heavy (non-hydrogen) atoms. The van der Waals surface area contributed by atoms with Gasteiger partial charge in [-0.3, -0.25) is 4.79 Å². The summed E-state index contributed by atoms with van der Waals surface area (Å²) in [5.74, 6) is -1.22. The molecular formula is C15H18O5. The molecule has 3 atom stereocenters. The van der Waals surface area contributed by atoms with Crippen molar-refractivity contribution in [1.82, 2.24) is 0 Å². The molecule has 108 valence electrons. The van der Waals surface area contributed by atoms with Crippen LogP contribution in [0.3, 0.4) is 0 Å². The molecule has 2 rings (SSSR count). The van der Waals surface area contributed by atoms with Gasteiger partial charge in [-0.2, -0.15) is 0 Å². The first-order chi connectivity index (χ1) is 9.38. The SMILES string of the molecule is C=C1C[C@@H](C[C@@H](C)C(=O)C[C@H]2COC(=O)C2=C)OC1=O. The van der Waals surface area contributed by atoms with Gasteiger partial charge < -0.3 is 9.47 Å². The highest BCUT2D eigenvalue weighted by molar-refractivity contribution is 5.92. The van der Waals surface area contributed by atoms with Crippen LogP contribution in [0.25, 0.3) is 0 Å². The predicted octanol–water partition coefficient (Wildman–Crippen LogP) is 1.57. The molecule has 5 heteroatoms. The molecule has 5 nitrogen and oxygen atoms in total. The lowest BCUT2D eigenvalue weighted by atomic mass is 9.89. The van der Waals surface area contributed by atoms with Crippen LogP contribution in [0.2, 0.25) is 0 Å². The average molecular weight is 278 g/mol. The van der Waals surface area contributed by atoms with Crippen molar-refractivity contribution in [2.24, 2.45) is 11.8 Å². The summed E-state index contributed by atoms with van der Waals surface area (Å²) in [6, 6.07) is 0. The zero-order valence-corrected chi connectivity index (χ0v) is 11.5. The summed E-state index contributed by atoms with van der Waals surface area (Å²) >= 11 is 0. The maximum absolute atomic E-state index is 12.1. The normalized spacial score (nSPS) is 27.4. The van der Waals surface area contributed by atoms with Crippen molar-refractivity contribution >= 4 is 17.7 Å². The number of rotatable bonds is 5. The Labute approximate surface area is 117 Å². The highest BCUT2D eigenvalue weighted by Crippen LogP contribution is 2.28. The van der Waals surface area contributed by atoms with Crippen LogP contribution >= 0.6 is 0 Å². The molecule has 0 radical (unpaired) electrons. The number of ether oxygens (including phenoxy) is 2. The highest BCUT2D eigenvalue weighted by Gasteiger charge is 2.34. The van der Waals surface area contributed by atoms with E-state index in [1.165, 1.54) is 0 Å². The third-order valence-corrected chi connectivity index (χ3v) is 3.82. The van der Waals surface area contributed by atoms with Gasteiger partial charge in [0.05, 0.1) is 6.61 Å². The fourth-order valence-electron chi connectivity index (χ4n) is 2.45. The summed E-state index contributed by atoms with van der Waals surface area (Å²) in [5, 5.41) is 0. The van der Waals surface area contributed by atoms with Crippen molar-refractivity contribution in [3.05, 3.63) is 24.3 Å². The van der Waals surface area contributed by atoms with E-state index in [2.05, 4.69) is 13.2 Å². The molecule has 0 aliphatic carbocycles. The van der Waals surface area contributed by atoms with Gasteiger partial charge in [0.1, 0.15) is 11.9 Å². The summed E-state index contributed by atoms with van der Waals surface area (Å²) in [6.45, 7) is 9.29. The van der Waals surface area contributed by atoms with E-state index in [9.17, 15) is 14.4 Å². The van der Waals surface area contributed by atoms with Crippen molar-refractivity contribution in [2.75, 3.05) is 6.61 Å². The number of cyclic esters (lactones) is 2. The van der Waals surface area contributed by atoms with E-state index < -0.39 is 5.97 Å². The molecule has 0 aromatic carbocycles. The summed E-state index contributed by atoms with van der Waals surface area (Å²) in [7, 11) is 0. The van der Waals surface area contributed by atoms with Crippen LogP contribution < -0.4 is 0 Å². The summed E-state index contributed by atoms with van der Waals surface area (Å²) in [4.78, 5) is 34.5. The Morgan fingerprint density at radius 1 is 1.35 bits per heavy atom. The molecule has 2 fully saturated rings. The number of carbonyl (C=O) groups excluding carboxylic acids is 3. The number of ketones is 1. The fourth-order valence-corrected chi connectivity index (χ4v) is 2.45. The van der Waals surface area contributed by atoms with Gasteiger partial charge in [-0.15, -0.1) is 0 Å². The minimum Gasteiger partial charge on any atom is -0.462 e. The number of hydrogen-bond acceptors (Lipinski definition) is 5. The lowest BCUT2D eigenvalue weighted by Gasteiger charge is -2.16. The van der Waals surface area contributed by atoms with Crippen LogP contribution in [-0.4, -0.2) is 30.4 Å². The number of carbonyl (C=O) groups is 3. The van der Waals surface area contributed by atoms with Crippen molar-refractivity contribution < 1.29 is 23.9 Å².